The monoisotopic (exact) mass is 815 g/mol. The predicted molar refractivity (Wildman–Crippen MR) is 186 cm³/mol. The van der Waals surface area contributed by atoms with Crippen molar-refractivity contribution in [2.24, 2.45) is 13.0 Å². The number of aromatic nitrogens is 5. The molecule has 294 valence electrons. The van der Waals surface area contributed by atoms with E-state index in [0.717, 1.165) is 28.2 Å². The Morgan fingerprint density at radius 1 is 0.927 bits per heavy atom. The molecule has 22 heteroatoms. The van der Waals surface area contributed by atoms with Gasteiger partial charge in [-0.25, -0.2) is 18.4 Å². The van der Waals surface area contributed by atoms with Crippen LogP contribution in [0.5, 0.6) is 0 Å². The summed E-state index contributed by atoms with van der Waals surface area (Å²) < 4.78 is 96.2. The number of carbonyl (C=O) groups excluding carboxylic acids is 3. The smallest absolute Gasteiger partial charge is 0.339 e. The van der Waals surface area contributed by atoms with Crippen LogP contribution in [-0.4, -0.2) is 80.1 Å². The summed E-state index contributed by atoms with van der Waals surface area (Å²) in [4.78, 5) is 49.8. The second-order valence-corrected chi connectivity index (χ2v) is 14.9. The number of hydrogen-bond donors (Lipinski definition) is 3. The van der Waals surface area contributed by atoms with Crippen molar-refractivity contribution in [3.63, 3.8) is 0 Å². The first kappa shape index (κ1) is 41.0. The van der Waals surface area contributed by atoms with Crippen LogP contribution in [0, 0.1) is 12.8 Å². The molecule has 3 aromatic heterocycles. The van der Waals surface area contributed by atoms with Gasteiger partial charge in [-0.2, -0.15) is 35.6 Å². The number of piperidine rings is 1. The van der Waals surface area contributed by atoms with Crippen molar-refractivity contribution >= 4 is 67.9 Å². The van der Waals surface area contributed by atoms with Crippen molar-refractivity contribution in [1.82, 2.24) is 28.8 Å². The molecule has 2 aliphatic rings. The van der Waals surface area contributed by atoms with Gasteiger partial charge in [-0.3, -0.25) is 19.4 Å². The topological polar surface area (TPSA) is 181 Å². The third-order valence-corrected chi connectivity index (χ3v) is 10.6. The average Bonchev–Trinajstić information content (AvgIpc) is 3.47. The zero-order valence-corrected chi connectivity index (χ0v) is 30.5. The number of benzene rings is 1. The fourth-order valence-electron chi connectivity index (χ4n) is 5.61. The first-order chi connectivity index (χ1) is 25.7. The van der Waals surface area contributed by atoms with Gasteiger partial charge in [0.25, 0.3) is 10.0 Å². The molecule has 14 nitrogen and oxygen atoms in total. The lowest BCUT2D eigenvalue weighted by Crippen LogP contribution is -2.39. The van der Waals surface area contributed by atoms with E-state index in [0.29, 0.717) is 67.8 Å². The molecular formula is C33H32ClF6N9O5S. The molecule has 1 saturated heterocycles. The number of hydrogen-bond acceptors (Lipinski definition) is 11. The minimum Gasteiger partial charge on any atom is -0.339 e. The number of sulfonamides is 1. The number of aryl methyl sites for hydroxylation is 4. The predicted octanol–water partition coefficient (Wildman–Crippen LogP) is 5.83. The molecule has 2 aliphatic heterocycles. The lowest BCUT2D eigenvalue weighted by Gasteiger charge is -2.30. The molecule has 5 heterocycles. The molecule has 3 N–H and O–H groups in total. The van der Waals surface area contributed by atoms with Crippen molar-refractivity contribution in [1.29, 1.82) is 0 Å². The Balaban J connectivity index is 0.000000418. The van der Waals surface area contributed by atoms with E-state index in [1.807, 2.05) is 30.5 Å². The van der Waals surface area contributed by atoms with Gasteiger partial charge in [0.05, 0.1) is 18.1 Å². The first-order valence-corrected chi connectivity index (χ1v) is 18.2. The fourth-order valence-corrected chi connectivity index (χ4v) is 7.24. The van der Waals surface area contributed by atoms with Crippen molar-refractivity contribution < 1.29 is 49.1 Å². The number of rotatable bonds is 6. The number of pyridine rings is 1. The maximum atomic E-state index is 13.2. The van der Waals surface area contributed by atoms with E-state index >= 15 is 0 Å². The summed E-state index contributed by atoms with van der Waals surface area (Å²) in [5.41, 5.74) is 4.25. The van der Waals surface area contributed by atoms with E-state index < -0.39 is 33.9 Å². The lowest BCUT2D eigenvalue weighted by atomic mass is 9.94. The van der Waals surface area contributed by atoms with Gasteiger partial charge < -0.3 is 20.5 Å². The van der Waals surface area contributed by atoms with Gasteiger partial charge in [0.1, 0.15) is 10.8 Å². The Morgan fingerprint density at radius 2 is 1.60 bits per heavy atom. The lowest BCUT2D eigenvalue weighted by molar-refractivity contribution is -0.193. The van der Waals surface area contributed by atoms with Crippen LogP contribution in [0.2, 0.25) is 5.02 Å². The number of imidazole rings is 1. The van der Waals surface area contributed by atoms with Gasteiger partial charge in [0.15, 0.2) is 10.8 Å². The van der Waals surface area contributed by atoms with Crippen LogP contribution < -0.4 is 16.0 Å². The van der Waals surface area contributed by atoms with Crippen molar-refractivity contribution in [3.8, 4) is 0 Å². The molecule has 0 spiro atoms. The molecule has 0 atom stereocenters. The zero-order chi connectivity index (χ0) is 40.3. The van der Waals surface area contributed by atoms with E-state index in [9.17, 15) is 49.1 Å². The molecule has 0 aliphatic carbocycles. The molecule has 6 rings (SSSR count). The number of nitrogens with zero attached hydrogens (tertiary/aromatic N) is 6. The van der Waals surface area contributed by atoms with E-state index in [1.54, 1.807) is 30.9 Å². The van der Waals surface area contributed by atoms with Crippen molar-refractivity contribution in [2.75, 3.05) is 29.0 Å². The summed E-state index contributed by atoms with van der Waals surface area (Å²) in [5, 5.41) is 9.99. The first-order valence-electron chi connectivity index (χ1n) is 16.4. The largest absolute Gasteiger partial charge is 0.458 e. The number of carbonyl (C=O) groups is 3. The highest BCUT2D eigenvalue weighted by atomic mass is 35.5. The molecule has 4 aromatic rings. The van der Waals surface area contributed by atoms with E-state index in [-0.39, 0.29) is 16.9 Å². The molecule has 1 aromatic carbocycles. The Kier molecular flexibility index (Phi) is 12.2. The zero-order valence-electron chi connectivity index (χ0n) is 28.9. The number of Topliss-reactive ketones (excluding diaryl/α,β-unsaturated/α-hetero) is 2. The van der Waals surface area contributed by atoms with Crippen LogP contribution in [0.15, 0.2) is 54.1 Å². The second kappa shape index (κ2) is 16.3. The third-order valence-electron chi connectivity index (χ3n) is 8.58. The molecule has 55 heavy (non-hydrogen) atoms. The quantitative estimate of drug-likeness (QED) is 0.157. The number of nitrogens with one attached hydrogen (secondary N) is 3. The molecule has 0 unspecified atom stereocenters. The van der Waals surface area contributed by atoms with Crippen LogP contribution in [0.3, 0.4) is 0 Å². The Labute approximate surface area is 314 Å². The van der Waals surface area contributed by atoms with E-state index in [4.69, 9.17) is 11.6 Å². The number of halogens is 7. The number of ketones is 2. The van der Waals surface area contributed by atoms with Gasteiger partial charge >= 0.3 is 23.9 Å². The SMILES string of the molecule is Cc1nc(S(=O)(=O)N2CCC(CC(=O)Nc3ccc4cc3CCc3cncc(c3)Nc3ncc(Cl)c(n3)N4)CC2)cn1C.O=C(C(=O)C(F)(F)F)C(F)(F)F. The molecule has 1 amide bonds. The summed E-state index contributed by atoms with van der Waals surface area (Å²) >= 11 is 6.37. The van der Waals surface area contributed by atoms with Crippen LogP contribution in [0.4, 0.5) is 55.2 Å². The number of alkyl halides is 6. The second-order valence-electron chi connectivity index (χ2n) is 12.6. The van der Waals surface area contributed by atoms with Gasteiger partial charge in [-0.1, -0.05) is 11.6 Å². The number of anilines is 5. The van der Waals surface area contributed by atoms with Gasteiger partial charge in [0.2, 0.25) is 11.9 Å². The highest BCUT2D eigenvalue weighted by Gasteiger charge is 2.54. The van der Waals surface area contributed by atoms with Crippen molar-refractivity contribution in [3.05, 3.63) is 71.0 Å². The minimum absolute atomic E-state index is 0.0666. The summed E-state index contributed by atoms with van der Waals surface area (Å²) in [7, 11) is -1.88. The number of amides is 1. The van der Waals surface area contributed by atoms with Crippen LogP contribution in [-0.2, 0) is 44.3 Å². The Bertz CT molecular complexity index is 2160. The molecule has 6 bridgehead atoms. The highest BCUT2D eigenvalue weighted by Crippen LogP contribution is 2.31. The minimum atomic E-state index is -5.77. The number of fused-ring (bicyclic) bond motifs is 6. The van der Waals surface area contributed by atoms with E-state index in [1.165, 1.54) is 10.5 Å². The Hall–Kier alpha value is -5.15. The van der Waals surface area contributed by atoms with Gasteiger partial charge in [-0.05, 0) is 73.9 Å². The van der Waals surface area contributed by atoms with E-state index in [2.05, 4.69) is 35.9 Å². The van der Waals surface area contributed by atoms with Crippen LogP contribution in [0.1, 0.15) is 36.2 Å². The Morgan fingerprint density at radius 3 is 2.22 bits per heavy atom. The molecule has 1 fully saturated rings. The maximum Gasteiger partial charge on any atom is 0.458 e. The normalized spacial score (nSPS) is 15.1. The maximum absolute atomic E-state index is 13.2. The van der Waals surface area contributed by atoms with Crippen LogP contribution in [0.25, 0.3) is 0 Å². The average molecular weight is 816 g/mol. The third kappa shape index (κ3) is 10.3. The fraction of sp³-hybridized carbons (Fsp3) is 0.364. The van der Waals surface area contributed by atoms with Crippen LogP contribution >= 0.6 is 11.6 Å². The summed E-state index contributed by atoms with van der Waals surface area (Å²) in [6, 6.07) is 7.73. The summed E-state index contributed by atoms with van der Waals surface area (Å²) in [5.74, 6) is -5.34. The molecule has 0 saturated carbocycles. The van der Waals surface area contributed by atoms with Crippen molar-refractivity contribution in [2.45, 2.75) is 56.4 Å². The summed E-state index contributed by atoms with van der Waals surface area (Å²) in [6.07, 6.45) is -2.05. The van der Waals surface area contributed by atoms with Gasteiger partial charge in [-0.15, -0.1) is 0 Å². The standard InChI is InChI=1S/C29H32ClN9O3S.C4F6O2/c1-18-33-27(17-38(18)2)43(41,42)39-9-7-19(8-10-39)12-26(40)36-25-6-5-22-13-21(25)4-3-20-11-23(15-31-14-20)35-29-32-16-24(30)28(34-22)37-29;5-3(6,7)1(11)2(12)4(8,9)10/h5-6,11,13-17,19H,3-4,7-10,12H2,1-2H3,(H,36,40)(H2,32,34,35,37);. The highest BCUT2D eigenvalue weighted by molar-refractivity contribution is 7.89. The molecular weight excluding hydrogens is 784 g/mol. The molecule has 0 radical (unpaired) electrons. The summed E-state index contributed by atoms with van der Waals surface area (Å²) in [6.45, 7) is 2.49. The van der Waals surface area contributed by atoms with Gasteiger partial charge in [0, 0.05) is 50.3 Å².